The Morgan fingerprint density at radius 2 is 0.568 bits per heavy atom. The first-order chi connectivity index (χ1) is 39.4. The summed E-state index contributed by atoms with van der Waals surface area (Å²) in [5.41, 5.74) is 26.9. The van der Waals surface area contributed by atoms with Crippen LogP contribution in [0.1, 0.15) is 44.5 Å². The van der Waals surface area contributed by atoms with Crippen molar-refractivity contribution in [3.8, 4) is 44.4 Å². The molecule has 388 valence electrons. The zero-order valence-electron chi connectivity index (χ0n) is 46.6. The third kappa shape index (κ3) is 6.98. The average Bonchev–Trinajstić information content (AvgIpc) is 3.33. The Kier molecular flexibility index (Phi) is 10.2. The number of aromatic nitrogens is 6. The van der Waals surface area contributed by atoms with Gasteiger partial charge in [0.15, 0.2) is 0 Å². The molecule has 7 heteroatoms. The van der Waals surface area contributed by atoms with Crippen molar-refractivity contribution in [3.63, 3.8) is 0 Å². The zero-order valence-corrected chi connectivity index (χ0v) is 47.4. The third-order valence-corrected chi connectivity index (χ3v) is 18.1. The number of fused-ring (bicyclic) bond motifs is 13. The van der Waals surface area contributed by atoms with E-state index in [9.17, 15) is 0 Å². The lowest BCUT2D eigenvalue weighted by Gasteiger charge is -2.30. The van der Waals surface area contributed by atoms with E-state index in [-0.39, 0.29) is 0 Å². The van der Waals surface area contributed by atoms with Crippen molar-refractivity contribution in [2.75, 3.05) is 0 Å². The molecule has 0 spiro atoms. The minimum Gasteiger partial charge on any atom is -0.306 e. The van der Waals surface area contributed by atoms with Crippen molar-refractivity contribution in [3.05, 3.63) is 239 Å². The Bertz CT molecular complexity index is 4840. The van der Waals surface area contributed by atoms with E-state index in [2.05, 4.69) is 256 Å². The van der Waals surface area contributed by atoms with Gasteiger partial charge in [-0.2, -0.15) is 0 Å². The maximum atomic E-state index is 5.91. The molecular weight excluding hydrogens is 1000 g/mol. The molecule has 0 unspecified atom stereocenters. The summed E-state index contributed by atoms with van der Waals surface area (Å²) in [6, 6.07) is 69.3. The highest BCUT2D eigenvalue weighted by Crippen LogP contribution is 2.55. The molecule has 0 bridgehead atoms. The molecule has 6 aromatic heterocycles. The molecular formula is C74H56N6S. The fourth-order valence-corrected chi connectivity index (χ4v) is 14.5. The Morgan fingerprint density at radius 1 is 0.296 bits per heavy atom. The minimum absolute atomic E-state index is 0.924. The molecule has 0 aliphatic carbocycles. The number of nitrogens with zero attached hydrogens (tertiary/aromatic N) is 6. The predicted octanol–water partition coefficient (Wildman–Crippen LogP) is 19.9. The van der Waals surface area contributed by atoms with E-state index < -0.39 is 0 Å². The fraction of sp³-hybridized carbons (Fsp3) is 0.108. The van der Waals surface area contributed by atoms with E-state index in [1.165, 1.54) is 87.6 Å². The quantitative estimate of drug-likeness (QED) is 0.167. The van der Waals surface area contributed by atoms with Crippen LogP contribution in [0.25, 0.3) is 142 Å². The lowest BCUT2D eigenvalue weighted by molar-refractivity contribution is 1.05. The molecule has 6 nitrogen and oxygen atoms in total. The molecule has 0 atom stereocenters. The van der Waals surface area contributed by atoms with Crippen LogP contribution < -0.4 is 0 Å². The van der Waals surface area contributed by atoms with Crippen LogP contribution in [-0.4, -0.2) is 28.2 Å². The molecule has 0 saturated carbocycles. The number of thiazole rings is 1. The van der Waals surface area contributed by atoms with Gasteiger partial charge in [0, 0.05) is 61.0 Å². The number of pyridine rings is 1. The number of aryl methyl sites for hydroxylation is 8. The van der Waals surface area contributed by atoms with Gasteiger partial charge in [-0.25, -0.2) is 4.98 Å². The Hall–Kier alpha value is -9.56. The minimum atomic E-state index is 0.924. The van der Waals surface area contributed by atoms with E-state index in [4.69, 9.17) is 9.97 Å². The van der Waals surface area contributed by atoms with Crippen molar-refractivity contribution >= 4 is 109 Å². The van der Waals surface area contributed by atoms with Gasteiger partial charge in [-0.05, 0) is 182 Å². The van der Waals surface area contributed by atoms with Crippen LogP contribution >= 0.6 is 11.3 Å². The summed E-state index contributed by atoms with van der Waals surface area (Å²) in [4.78, 5) is 10.7. The van der Waals surface area contributed by atoms with Crippen LogP contribution in [0, 0.1) is 55.4 Å². The van der Waals surface area contributed by atoms with Crippen LogP contribution in [0.5, 0.6) is 0 Å². The standard InChI is InChI=1S/C74H56N6S/c1-41-13-21-59-50(33-41)51-34-42(2)14-22-60(51)77(59)70-68(49-29-31-75-32-30-49)71(78-61-23-15-43(3)35-52(61)53-36-44(4)16-24-62(53)78)73(80-65-27-19-47(7)39-56(65)57-40-48(8)20-28-66(57)80)69(74-76-58-11-9-10-12-67(58)81-74)72(70)79-63-25-17-45(5)37-54(63)55-38-46(6)18-26-64(55)79/h9-40H,1-8H3. The van der Waals surface area contributed by atoms with E-state index in [1.807, 2.05) is 12.4 Å². The number of para-hydroxylation sites is 1. The second-order valence-corrected chi connectivity index (χ2v) is 23.9. The van der Waals surface area contributed by atoms with E-state index in [0.29, 0.717) is 0 Å². The van der Waals surface area contributed by atoms with Gasteiger partial charge >= 0.3 is 0 Å². The molecule has 0 radical (unpaired) electrons. The van der Waals surface area contributed by atoms with Gasteiger partial charge < -0.3 is 18.3 Å². The van der Waals surface area contributed by atoms with E-state index >= 15 is 0 Å². The molecule has 10 aromatic carbocycles. The van der Waals surface area contributed by atoms with Crippen molar-refractivity contribution in [2.45, 2.75) is 55.4 Å². The van der Waals surface area contributed by atoms with Gasteiger partial charge in [0.05, 0.1) is 82.7 Å². The summed E-state index contributed by atoms with van der Waals surface area (Å²) in [5.74, 6) is 0. The Morgan fingerprint density at radius 3 is 0.852 bits per heavy atom. The summed E-state index contributed by atoms with van der Waals surface area (Å²) in [6.45, 7) is 17.7. The number of rotatable bonds is 6. The van der Waals surface area contributed by atoms with Crippen LogP contribution in [-0.2, 0) is 0 Å². The molecule has 0 fully saturated rings. The Labute approximate surface area is 473 Å². The van der Waals surface area contributed by atoms with Crippen molar-refractivity contribution in [1.29, 1.82) is 0 Å². The summed E-state index contributed by atoms with van der Waals surface area (Å²) in [5, 5.41) is 10.6. The van der Waals surface area contributed by atoms with Gasteiger partial charge in [-0.15, -0.1) is 11.3 Å². The molecule has 0 N–H and O–H groups in total. The van der Waals surface area contributed by atoms with Gasteiger partial charge in [0.1, 0.15) is 5.01 Å². The van der Waals surface area contributed by atoms with Crippen LogP contribution in [0.3, 0.4) is 0 Å². The Balaban J connectivity index is 1.31. The monoisotopic (exact) mass is 1060 g/mol. The molecule has 0 aliphatic rings. The molecule has 16 rings (SSSR count). The topological polar surface area (TPSA) is 45.5 Å². The smallest absolute Gasteiger partial charge is 0.129 e. The number of benzene rings is 10. The highest BCUT2D eigenvalue weighted by Gasteiger charge is 2.36. The summed E-state index contributed by atoms with van der Waals surface area (Å²) >= 11 is 1.77. The molecule has 0 aliphatic heterocycles. The first-order valence-corrected chi connectivity index (χ1v) is 28.8. The number of hydrogen-bond acceptors (Lipinski definition) is 3. The van der Waals surface area contributed by atoms with Crippen LogP contribution in [0.15, 0.2) is 194 Å². The maximum absolute atomic E-state index is 5.91. The normalized spacial score (nSPS) is 12.2. The van der Waals surface area contributed by atoms with Crippen molar-refractivity contribution in [2.24, 2.45) is 0 Å². The fourth-order valence-electron chi connectivity index (χ4n) is 13.5. The second kappa shape index (κ2) is 17.5. The van der Waals surface area contributed by atoms with E-state index in [1.54, 1.807) is 11.3 Å². The largest absolute Gasteiger partial charge is 0.306 e. The van der Waals surface area contributed by atoms with Crippen molar-refractivity contribution in [1.82, 2.24) is 28.2 Å². The van der Waals surface area contributed by atoms with Gasteiger partial charge in [-0.3, -0.25) is 4.98 Å². The highest BCUT2D eigenvalue weighted by molar-refractivity contribution is 7.21. The van der Waals surface area contributed by atoms with Crippen molar-refractivity contribution < 1.29 is 0 Å². The SMILES string of the molecule is Cc1ccc2c(c1)c1cc(C)ccc1n2-c1c(-c2ccncc2)c(-n2c3ccc(C)cc3c3cc(C)ccc32)c(-n2c3ccc(C)cc3c3cc(C)ccc32)c(-c2nc3ccccc3s2)c1-n1c2ccc(C)cc2c2cc(C)ccc21. The van der Waals surface area contributed by atoms with Crippen LogP contribution in [0.4, 0.5) is 0 Å². The number of hydrogen-bond donors (Lipinski definition) is 0. The third-order valence-electron chi connectivity index (χ3n) is 17.1. The molecule has 6 heterocycles. The van der Waals surface area contributed by atoms with Gasteiger partial charge in [-0.1, -0.05) is 105 Å². The molecule has 0 amide bonds. The van der Waals surface area contributed by atoms with Gasteiger partial charge in [0.25, 0.3) is 0 Å². The summed E-state index contributed by atoms with van der Waals surface area (Å²) in [6.07, 6.45) is 3.94. The summed E-state index contributed by atoms with van der Waals surface area (Å²) < 4.78 is 11.6. The lowest BCUT2D eigenvalue weighted by Crippen LogP contribution is -2.16. The van der Waals surface area contributed by atoms with Gasteiger partial charge in [0.2, 0.25) is 0 Å². The predicted molar refractivity (Wildman–Crippen MR) is 344 cm³/mol. The molecule has 16 aromatic rings. The lowest BCUT2D eigenvalue weighted by atomic mass is 9.93. The highest BCUT2D eigenvalue weighted by atomic mass is 32.1. The maximum Gasteiger partial charge on any atom is 0.129 e. The molecule has 0 saturated heterocycles. The average molecular weight is 1060 g/mol. The first-order valence-electron chi connectivity index (χ1n) is 28.0. The van der Waals surface area contributed by atoms with E-state index in [0.717, 1.165) is 98.8 Å². The zero-order chi connectivity index (χ0) is 54.7. The second-order valence-electron chi connectivity index (χ2n) is 22.9. The van der Waals surface area contributed by atoms with Crippen LogP contribution in [0.2, 0.25) is 0 Å². The molecule has 81 heavy (non-hydrogen) atoms. The summed E-state index contributed by atoms with van der Waals surface area (Å²) in [7, 11) is 0. The first kappa shape index (κ1) is 47.4.